The van der Waals surface area contributed by atoms with Gasteiger partial charge in [-0.25, -0.2) is 4.98 Å². The number of amides is 1. The standard InChI is InChI=1S/C25H31N3O4/c1-17-14-28(18(2)16-29)25(30)22-12-20(10-9-19-7-6-8-21(11-19)31-5)13-26-24(22)32-23(17)15-27(3)4/h6-8,11-13,17-18,23,29H,14-16H2,1-5H3/t17-,18+,23+/m0/s1. The predicted molar refractivity (Wildman–Crippen MR) is 123 cm³/mol. The molecule has 0 saturated carbocycles. The van der Waals surface area contributed by atoms with Crippen molar-refractivity contribution in [2.75, 3.05) is 40.9 Å². The van der Waals surface area contributed by atoms with E-state index in [2.05, 4.69) is 28.6 Å². The maximum absolute atomic E-state index is 13.4. The molecule has 0 fully saturated rings. The molecular formula is C25H31N3O4. The molecule has 170 valence electrons. The third-order valence-corrected chi connectivity index (χ3v) is 5.49. The highest BCUT2D eigenvalue weighted by atomic mass is 16.5. The molecule has 32 heavy (non-hydrogen) atoms. The summed E-state index contributed by atoms with van der Waals surface area (Å²) in [4.78, 5) is 21.6. The van der Waals surface area contributed by atoms with E-state index in [-0.39, 0.29) is 30.6 Å². The number of methoxy groups -OCH3 is 1. The third kappa shape index (κ3) is 5.58. The molecule has 2 heterocycles. The van der Waals surface area contributed by atoms with Crippen LogP contribution in [0, 0.1) is 17.8 Å². The van der Waals surface area contributed by atoms with Crippen LogP contribution >= 0.6 is 0 Å². The molecule has 1 aromatic heterocycles. The van der Waals surface area contributed by atoms with Gasteiger partial charge in [0.15, 0.2) is 0 Å². The number of pyridine rings is 1. The fourth-order valence-electron chi connectivity index (χ4n) is 3.59. The Bertz CT molecular complexity index is 1010. The van der Waals surface area contributed by atoms with Gasteiger partial charge in [0.1, 0.15) is 17.4 Å². The van der Waals surface area contributed by atoms with E-state index in [9.17, 15) is 9.90 Å². The smallest absolute Gasteiger partial charge is 0.259 e. The van der Waals surface area contributed by atoms with Crippen molar-refractivity contribution in [3.05, 3.63) is 53.2 Å². The lowest BCUT2D eigenvalue weighted by Gasteiger charge is -2.37. The molecule has 1 aliphatic heterocycles. The first-order valence-electron chi connectivity index (χ1n) is 10.7. The van der Waals surface area contributed by atoms with Crippen LogP contribution < -0.4 is 9.47 Å². The van der Waals surface area contributed by atoms with E-state index in [1.165, 1.54) is 0 Å². The lowest BCUT2D eigenvalue weighted by Crippen LogP contribution is -2.49. The van der Waals surface area contributed by atoms with Crippen molar-refractivity contribution in [1.29, 1.82) is 0 Å². The van der Waals surface area contributed by atoms with E-state index >= 15 is 0 Å². The van der Waals surface area contributed by atoms with Crippen LogP contribution in [0.2, 0.25) is 0 Å². The highest BCUT2D eigenvalue weighted by Gasteiger charge is 2.33. The second kappa shape index (κ2) is 10.5. The zero-order valence-electron chi connectivity index (χ0n) is 19.3. The number of carbonyl (C=O) groups is 1. The average molecular weight is 438 g/mol. The lowest BCUT2D eigenvalue weighted by molar-refractivity contribution is 0.0348. The maximum Gasteiger partial charge on any atom is 0.259 e. The SMILES string of the molecule is COc1cccc(C#Cc2cnc3c(c2)C(=O)N([C@H](C)CO)C[C@H](C)[C@@H](CN(C)C)O3)c1. The Hall–Kier alpha value is -3.08. The number of benzene rings is 1. The molecule has 0 radical (unpaired) electrons. The predicted octanol–water partition coefficient (Wildman–Crippen LogP) is 2.27. The van der Waals surface area contributed by atoms with Gasteiger partial charge >= 0.3 is 0 Å². The summed E-state index contributed by atoms with van der Waals surface area (Å²) in [6.45, 7) is 4.95. The van der Waals surface area contributed by atoms with Crippen molar-refractivity contribution in [3.63, 3.8) is 0 Å². The number of hydrogen-bond acceptors (Lipinski definition) is 6. The fraction of sp³-hybridized carbons (Fsp3) is 0.440. The van der Waals surface area contributed by atoms with Gasteiger partial charge < -0.3 is 24.4 Å². The third-order valence-electron chi connectivity index (χ3n) is 5.49. The fourth-order valence-corrected chi connectivity index (χ4v) is 3.59. The minimum atomic E-state index is -0.317. The Morgan fingerprint density at radius 1 is 1.31 bits per heavy atom. The van der Waals surface area contributed by atoms with Crippen LogP contribution in [0.3, 0.4) is 0 Å². The van der Waals surface area contributed by atoms with Gasteiger partial charge in [-0.1, -0.05) is 24.8 Å². The van der Waals surface area contributed by atoms with Crippen LogP contribution in [0.15, 0.2) is 36.5 Å². The Morgan fingerprint density at radius 2 is 2.06 bits per heavy atom. The summed E-state index contributed by atoms with van der Waals surface area (Å²) in [6.07, 6.45) is 1.48. The van der Waals surface area contributed by atoms with Crippen molar-refractivity contribution in [2.45, 2.75) is 26.0 Å². The summed E-state index contributed by atoms with van der Waals surface area (Å²) in [5, 5.41) is 9.74. The van der Waals surface area contributed by atoms with Crippen LogP contribution in [-0.2, 0) is 0 Å². The second-order valence-corrected chi connectivity index (χ2v) is 8.44. The number of nitrogens with zero attached hydrogens (tertiary/aromatic N) is 3. The average Bonchev–Trinajstić information content (AvgIpc) is 2.79. The summed E-state index contributed by atoms with van der Waals surface area (Å²) in [7, 11) is 5.58. The van der Waals surface area contributed by atoms with Gasteiger partial charge in [-0.15, -0.1) is 0 Å². The summed E-state index contributed by atoms with van der Waals surface area (Å²) in [6, 6.07) is 8.87. The van der Waals surface area contributed by atoms with Gasteiger partial charge in [-0.05, 0) is 45.3 Å². The topological polar surface area (TPSA) is 75.1 Å². The van der Waals surface area contributed by atoms with Crippen LogP contribution in [-0.4, -0.2) is 78.8 Å². The van der Waals surface area contributed by atoms with Crippen molar-refractivity contribution in [3.8, 4) is 23.5 Å². The minimum Gasteiger partial charge on any atom is -0.497 e. The number of aliphatic hydroxyl groups excluding tert-OH is 1. The monoisotopic (exact) mass is 437 g/mol. The zero-order valence-corrected chi connectivity index (χ0v) is 19.3. The van der Waals surface area contributed by atoms with Crippen LogP contribution in [0.1, 0.15) is 35.3 Å². The van der Waals surface area contributed by atoms with Crippen molar-refractivity contribution < 1.29 is 19.4 Å². The molecule has 3 atom stereocenters. The second-order valence-electron chi connectivity index (χ2n) is 8.44. The molecule has 7 nitrogen and oxygen atoms in total. The van der Waals surface area contributed by atoms with E-state index in [1.54, 1.807) is 24.3 Å². The minimum absolute atomic E-state index is 0.0674. The Balaban J connectivity index is 2.00. The van der Waals surface area contributed by atoms with E-state index in [0.29, 0.717) is 30.1 Å². The van der Waals surface area contributed by atoms with Crippen molar-refractivity contribution in [1.82, 2.24) is 14.8 Å². The number of aliphatic hydroxyl groups is 1. The number of carbonyl (C=O) groups excluding carboxylic acids is 1. The number of likely N-dealkylation sites (N-methyl/N-ethyl adjacent to an activating group) is 1. The van der Waals surface area contributed by atoms with Crippen LogP contribution in [0.25, 0.3) is 0 Å². The molecule has 0 saturated heterocycles. The molecule has 0 unspecified atom stereocenters. The number of hydrogen-bond donors (Lipinski definition) is 1. The van der Waals surface area contributed by atoms with Crippen molar-refractivity contribution >= 4 is 5.91 Å². The molecular weight excluding hydrogens is 406 g/mol. The first-order chi connectivity index (χ1) is 15.3. The number of rotatable bonds is 5. The Labute approximate surface area is 190 Å². The van der Waals surface area contributed by atoms with E-state index in [4.69, 9.17) is 9.47 Å². The highest BCUT2D eigenvalue weighted by Crippen LogP contribution is 2.27. The molecule has 1 aliphatic rings. The largest absolute Gasteiger partial charge is 0.497 e. The normalized spacial score (nSPS) is 19.2. The van der Waals surface area contributed by atoms with Gasteiger partial charge in [0.2, 0.25) is 5.88 Å². The molecule has 3 rings (SSSR count). The van der Waals surface area contributed by atoms with Crippen LogP contribution in [0.5, 0.6) is 11.6 Å². The number of ether oxygens (including phenoxy) is 2. The molecule has 7 heteroatoms. The van der Waals surface area contributed by atoms with E-state index < -0.39 is 0 Å². The number of aromatic nitrogens is 1. The van der Waals surface area contributed by atoms with E-state index in [0.717, 1.165) is 11.3 Å². The summed E-state index contributed by atoms with van der Waals surface area (Å²) in [5.41, 5.74) is 1.77. The Kier molecular flexibility index (Phi) is 7.73. The molecule has 2 aromatic rings. The number of fused-ring (bicyclic) bond motifs is 1. The molecule has 0 aliphatic carbocycles. The lowest BCUT2D eigenvalue weighted by atomic mass is 10.00. The summed E-state index contributed by atoms with van der Waals surface area (Å²) >= 11 is 0. The highest BCUT2D eigenvalue weighted by molar-refractivity contribution is 5.97. The summed E-state index contributed by atoms with van der Waals surface area (Å²) < 4.78 is 11.5. The molecule has 1 N–H and O–H groups in total. The van der Waals surface area contributed by atoms with Gasteiger partial charge in [-0.2, -0.15) is 0 Å². The van der Waals surface area contributed by atoms with Crippen molar-refractivity contribution in [2.24, 2.45) is 5.92 Å². The molecule has 0 spiro atoms. The molecule has 1 amide bonds. The van der Waals surface area contributed by atoms with Gasteiger partial charge in [-0.3, -0.25) is 4.79 Å². The molecule has 0 bridgehead atoms. The first kappa shape index (κ1) is 23.6. The Morgan fingerprint density at radius 3 is 2.75 bits per heavy atom. The summed E-state index contributed by atoms with van der Waals surface area (Å²) in [5.74, 6) is 7.05. The van der Waals surface area contributed by atoms with Gasteiger partial charge in [0, 0.05) is 36.3 Å². The zero-order chi connectivity index (χ0) is 23.3. The van der Waals surface area contributed by atoms with Gasteiger partial charge in [0.05, 0.1) is 19.8 Å². The van der Waals surface area contributed by atoms with Crippen LogP contribution in [0.4, 0.5) is 0 Å². The van der Waals surface area contributed by atoms with Gasteiger partial charge in [0.25, 0.3) is 5.91 Å². The maximum atomic E-state index is 13.4. The first-order valence-corrected chi connectivity index (χ1v) is 10.7. The van der Waals surface area contributed by atoms with E-state index in [1.807, 2.05) is 45.3 Å². The quantitative estimate of drug-likeness (QED) is 0.724. The molecule has 1 aromatic carbocycles.